The minimum absolute atomic E-state index is 0.237. The molecule has 2 aromatic rings. The van der Waals surface area contributed by atoms with Crippen molar-refractivity contribution >= 4 is 21.8 Å². The lowest BCUT2D eigenvalue weighted by molar-refractivity contribution is 0.561. The Morgan fingerprint density at radius 2 is 1.91 bits per heavy atom. The number of aromatic nitrogens is 2. The first-order valence-corrected chi connectivity index (χ1v) is 8.87. The van der Waals surface area contributed by atoms with Crippen LogP contribution in [-0.2, 0) is 23.2 Å². The maximum Gasteiger partial charge on any atom is 0.277 e. The van der Waals surface area contributed by atoms with Crippen LogP contribution in [0.5, 0.6) is 0 Å². The van der Waals surface area contributed by atoms with E-state index in [1.807, 2.05) is 0 Å². The summed E-state index contributed by atoms with van der Waals surface area (Å²) in [7, 11) is -3.48. The molecule has 0 saturated heterocycles. The molecular formula is C14H19ClN4O2S. The van der Waals surface area contributed by atoms with Gasteiger partial charge in [0.1, 0.15) is 0 Å². The van der Waals surface area contributed by atoms with Gasteiger partial charge in [0.2, 0.25) is 0 Å². The Kier molecular flexibility index (Phi) is 6.38. The van der Waals surface area contributed by atoms with E-state index in [0.717, 1.165) is 30.5 Å². The van der Waals surface area contributed by atoms with E-state index in [0.29, 0.717) is 11.6 Å². The topological polar surface area (TPSA) is 86.9 Å². The van der Waals surface area contributed by atoms with Crippen LogP contribution in [0.4, 0.5) is 0 Å². The zero-order chi connectivity index (χ0) is 15.8. The molecule has 6 nitrogen and oxygen atoms in total. The molecule has 0 bridgehead atoms. The number of nitrogens with zero attached hydrogens (tertiary/aromatic N) is 1. The number of H-pyrrole nitrogens is 1. The van der Waals surface area contributed by atoms with Crippen LogP contribution in [0.25, 0.3) is 0 Å². The molecule has 2 rings (SSSR count). The van der Waals surface area contributed by atoms with E-state index in [-0.39, 0.29) is 6.54 Å². The molecule has 1 aromatic heterocycles. The second-order valence-corrected chi connectivity index (χ2v) is 6.90. The zero-order valence-electron chi connectivity index (χ0n) is 12.0. The van der Waals surface area contributed by atoms with E-state index in [9.17, 15) is 8.42 Å². The minimum atomic E-state index is -3.48. The van der Waals surface area contributed by atoms with Gasteiger partial charge in [0.05, 0.1) is 6.33 Å². The van der Waals surface area contributed by atoms with Crippen LogP contribution < -0.4 is 9.44 Å². The summed E-state index contributed by atoms with van der Waals surface area (Å²) in [5.41, 5.74) is 1.91. The summed E-state index contributed by atoms with van der Waals surface area (Å²) in [5, 5.41) is 0.627. The molecule has 0 unspecified atom stereocenters. The number of hydrogen-bond acceptors (Lipinski definition) is 3. The third-order valence-corrected chi connectivity index (χ3v) is 4.46. The highest BCUT2D eigenvalue weighted by Crippen LogP contribution is 2.09. The second-order valence-electron chi connectivity index (χ2n) is 4.88. The molecule has 22 heavy (non-hydrogen) atoms. The van der Waals surface area contributed by atoms with Gasteiger partial charge in [0.15, 0.2) is 0 Å². The fourth-order valence-electron chi connectivity index (χ4n) is 1.90. The van der Waals surface area contributed by atoms with Crippen molar-refractivity contribution in [1.29, 1.82) is 0 Å². The van der Waals surface area contributed by atoms with E-state index in [1.165, 1.54) is 0 Å². The van der Waals surface area contributed by atoms with E-state index >= 15 is 0 Å². The fraction of sp³-hybridized carbons (Fsp3) is 0.357. The van der Waals surface area contributed by atoms with Crippen molar-refractivity contribution in [3.05, 3.63) is 53.1 Å². The summed E-state index contributed by atoms with van der Waals surface area (Å²) in [6, 6.07) is 7.03. The molecule has 0 saturated carbocycles. The summed E-state index contributed by atoms with van der Waals surface area (Å²) >= 11 is 5.78. The van der Waals surface area contributed by atoms with Gasteiger partial charge in [-0.25, -0.2) is 9.71 Å². The first-order valence-electron chi connectivity index (χ1n) is 7.01. The fourth-order valence-corrected chi connectivity index (χ4v) is 2.90. The molecule has 120 valence electrons. The quantitative estimate of drug-likeness (QED) is 0.609. The van der Waals surface area contributed by atoms with Crippen LogP contribution in [-0.4, -0.2) is 24.9 Å². The standard InChI is InChI=1S/C14H19ClN4O2S/c15-13-6-4-12(5-7-13)9-19-22(20,21)18-8-2-1-3-14-10-16-11-17-14/h4-7,10-11,18-19H,1-3,8-9H2,(H,16,17). The van der Waals surface area contributed by atoms with Crippen LogP contribution in [0.1, 0.15) is 24.1 Å². The van der Waals surface area contributed by atoms with Gasteiger partial charge in [-0.3, -0.25) is 0 Å². The monoisotopic (exact) mass is 342 g/mol. The number of aromatic amines is 1. The molecular weight excluding hydrogens is 324 g/mol. The van der Waals surface area contributed by atoms with Crippen molar-refractivity contribution in [2.45, 2.75) is 25.8 Å². The van der Waals surface area contributed by atoms with E-state index < -0.39 is 10.2 Å². The largest absolute Gasteiger partial charge is 0.348 e. The van der Waals surface area contributed by atoms with E-state index in [4.69, 9.17) is 11.6 Å². The number of nitrogens with one attached hydrogen (secondary N) is 3. The molecule has 0 aliphatic rings. The number of rotatable bonds is 9. The molecule has 8 heteroatoms. The Morgan fingerprint density at radius 3 is 2.59 bits per heavy atom. The molecule has 0 radical (unpaired) electrons. The Balaban J connectivity index is 1.64. The first-order chi connectivity index (χ1) is 10.6. The normalized spacial score (nSPS) is 11.7. The van der Waals surface area contributed by atoms with Gasteiger partial charge in [-0.1, -0.05) is 23.7 Å². The van der Waals surface area contributed by atoms with Gasteiger partial charge < -0.3 is 4.98 Å². The van der Waals surface area contributed by atoms with Crippen molar-refractivity contribution in [3.63, 3.8) is 0 Å². The number of benzene rings is 1. The third-order valence-electron chi connectivity index (χ3n) is 3.10. The van der Waals surface area contributed by atoms with E-state index in [1.54, 1.807) is 36.8 Å². The van der Waals surface area contributed by atoms with Gasteiger partial charge in [-0.15, -0.1) is 0 Å². The maximum absolute atomic E-state index is 11.8. The predicted octanol–water partition coefficient (Wildman–Crippen LogP) is 2.01. The Hall–Kier alpha value is -1.41. The lowest BCUT2D eigenvalue weighted by Crippen LogP contribution is -2.36. The molecule has 0 aliphatic carbocycles. The molecule has 0 spiro atoms. The molecule has 1 heterocycles. The van der Waals surface area contributed by atoms with Gasteiger partial charge >= 0.3 is 0 Å². The Morgan fingerprint density at radius 1 is 1.14 bits per heavy atom. The summed E-state index contributed by atoms with van der Waals surface area (Å²) in [5.74, 6) is 0. The van der Waals surface area contributed by atoms with Gasteiger partial charge in [0.25, 0.3) is 10.2 Å². The highest BCUT2D eigenvalue weighted by molar-refractivity contribution is 7.87. The summed E-state index contributed by atoms with van der Waals surface area (Å²) in [4.78, 5) is 6.95. The lowest BCUT2D eigenvalue weighted by atomic mass is 10.2. The van der Waals surface area contributed by atoms with Crippen LogP contribution in [0.2, 0.25) is 5.02 Å². The van der Waals surface area contributed by atoms with Crippen LogP contribution in [0, 0.1) is 0 Å². The van der Waals surface area contributed by atoms with Crippen LogP contribution >= 0.6 is 11.6 Å². The average Bonchev–Trinajstić information content (AvgIpc) is 3.00. The summed E-state index contributed by atoms with van der Waals surface area (Å²) in [6.07, 6.45) is 5.93. The number of aryl methyl sites for hydroxylation is 1. The van der Waals surface area contributed by atoms with Crippen molar-refractivity contribution < 1.29 is 8.42 Å². The Bertz CT molecular complexity index is 657. The molecule has 0 fully saturated rings. The third kappa shape index (κ3) is 6.15. The lowest BCUT2D eigenvalue weighted by Gasteiger charge is -2.08. The van der Waals surface area contributed by atoms with Crippen molar-refractivity contribution in [2.24, 2.45) is 0 Å². The van der Waals surface area contributed by atoms with Crippen molar-refractivity contribution in [1.82, 2.24) is 19.4 Å². The number of imidazole rings is 1. The predicted molar refractivity (Wildman–Crippen MR) is 86.7 cm³/mol. The summed E-state index contributed by atoms with van der Waals surface area (Å²) in [6.45, 7) is 0.644. The highest BCUT2D eigenvalue weighted by atomic mass is 35.5. The SMILES string of the molecule is O=S(=O)(NCCCCc1cnc[nH]1)NCc1ccc(Cl)cc1. The maximum atomic E-state index is 11.8. The molecule has 3 N–H and O–H groups in total. The van der Waals surface area contributed by atoms with Gasteiger partial charge in [0, 0.05) is 30.0 Å². The number of halogens is 1. The van der Waals surface area contributed by atoms with Gasteiger partial charge in [-0.05, 0) is 37.0 Å². The zero-order valence-corrected chi connectivity index (χ0v) is 13.6. The van der Waals surface area contributed by atoms with Gasteiger partial charge in [-0.2, -0.15) is 13.1 Å². The number of unbranched alkanes of at least 4 members (excludes halogenated alkanes) is 1. The average molecular weight is 343 g/mol. The number of hydrogen-bond donors (Lipinski definition) is 3. The Labute approximate surface area is 135 Å². The first kappa shape index (κ1) is 17.0. The van der Waals surface area contributed by atoms with Crippen molar-refractivity contribution in [2.75, 3.05) is 6.54 Å². The van der Waals surface area contributed by atoms with Crippen LogP contribution in [0.3, 0.4) is 0 Å². The van der Waals surface area contributed by atoms with E-state index in [2.05, 4.69) is 19.4 Å². The highest BCUT2D eigenvalue weighted by Gasteiger charge is 2.08. The summed E-state index contributed by atoms with van der Waals surface area (Å²) < 4.78 is 28.6. The smallest absolute Gasteiger partial charge is 0.277 e. The second kappa shape index (κ2) is 8.28. The minimum Gasteiger partial charge on any atom is -0.348 e. The van der Waals surface area contributed by atoms with Crippen molar-refractivity contribution in [3.8, 4) is 0 Å². The molecule has 0 aliphatic heterocycles. The molecule has 0 atom stereocenters. The molecule has 0 amide bonds. The van der Waals surface area contributed by atoms with Crippen LogP contribution in [0.15, 0.2) is 36.8 Å². The molecule has 1 aromatic carbocycles.